The number of nitrogens with one attached hydrogen (secondary N) is 1. The quantitative estimate of drug-likeness (QED) is 0.569. The van der Waals surface area contributed by atoms with Crippen LogP contribution in [0.1, 0.15) is 33.6 Å². The molecule has 1 unspecified atom stereocenters. The summed E-state index contributed by atoms with van der Waals surface area (Å²) in [5.41, 5.74) is 0.438. The summed E-state index contributed by atoms with van der Waals surface area (Å²) in [6.45, 7) is -1.55. The van der Waals surface area contributed by atoms with Crippen molar-refractivity contribution in [2.45, 2.75) is 19.0 Å². The minimum Gasteiger partial charge on any atom is -0.396 e. The van der Waals surface area contributed by atoms with Gasteiger partial charge in [0.25, 0.3) is 11.8 Å². The highest BCUT2D eigenvalue weighted by atomic mass is 19.4. The molecule has 6 nitrogen and oxygen atoms in total. The largest absolute Gasteiger partial charge is 0.396 e. The van der Waals surface area contributed by atoms with Crippen molar-refractivity contribution in [3.05, 3.63) is 35.4 Å². The number of benzene rings is 1. The van der Waals surface area contributed by atoms with Gasteiger partial charge in [0.2, 0.25) is 5.91 Å². The van der Waals surface area contributed by atoms with Crippen molar-refractivity contribution in [3.63, 3.8) is 0 Å². The van der Waals surface area contributed by atoms with Gasteiger partial charge < -0.3 is 10.4 Å². The van der Waals surface area contributed by atoms with E-state index in [2.05, 4.69) is 5.32 Å². The summed E-state index contributed by atoms with van der Waals surface area (Å²) in [6, 6.07) is 6.18. The Labute approximate surface area is 141 Å². The van der Waals surface area contributed by atoms with Crippen LogP contribution in [0.25, 0.3) is 0 Å². The zero-order chi connectivity index (χ0) is 18.6. The first-order valence-corrected chi connectivity index (χ1v) is 7.65. The molecular weight excluding hydrogens is 341 g/mol. The lowest BCUT2D eigenvalue weighted by Gasteiger charge is -2.18. The Morgan fingerprint density at radius 1 is 1.16 bits per heavy atom. The van der Waals surface area contributed by atoms with Crippen LogP contribution < -0.4 is 5.32 Å². The summed E-state index contributed by atoms with van der Waals surface area (Å²) in [5.74, 6) is -3.62. The van der Waals surface area contributed by atoms with Crippen LogP contribution in [0.15, 0.2) is 24.3 Å². The molecule has 2 N–H and O–H groups in total. The molecule has 0 saturated heterocycles. The second-order valence-corrected chi connectivity index (χ2v) is 5.66. The van der Waals surface area contributed by atoms with Crippen molar-refractivity contribution in [1.82, 2.24) is 10.2 Å². The third-order valence-corrected chi connectivity index (χ3v) is 3.91. The molecule has 9 heteroatoms. The van der Waals surface area contributed by atoms with Crippen molar-refractivity contribution < 1.29 is 32.7 Å². The van der Waals surface area contributed by atoms with Gasteiger partial charge in [-0.1, -0.05) is 12.1 Å². The molecule has 0 aliphatic carbocycles. The Balaban J connectivity index is 1.80. The predicted octanol–water partition coefficient (Wildman–Crippen LogP) is 1.35. The molecule has 1 aromatic rings. The monoisotopic (exact) mass is 358 g/mol. The van der Waals surface area contributed by atoms with Crippen LogP contribution in [-0.2, 0) is 4.79 Å². The number of amides is 3. The second-order valence-electron chi connectivity index (χ2n) is 5.66. The summed E-state index contributed by atoms with van der Waals surface area (Å²) in [5, 5.41) is 11.1. The number of carbonyl (C=O) groups excluding carboxylic acids is 3. The molecule has 0 fully saturated rings. The summed E-state index contributed by atoms with van der Waals surface area (Å²) in [4.78, 5) is 36.8. The highest BCUT2D eigenvalue weighted by molar-refractivity contribution is 6.22. The molecule has 1 aliphatic rings. The molecular formula is C16H17F3N2O4. The SMILES string of the molecule is O=C(CN1C(=O)c2ccccc2C1=O)NCCCC(CO)C(F)(F)F. The van der Waals surface area contributed by atoms with Crippen LogP contribution in [0.4, 0.5) is 13.2 Å². The standard InChI is InChI=1S/C16H17F3N2O4/c17-16(18,19)10(9-22)4-3-7-20-13(23)8-21-14(24)11-5-1-2-6-12(11)15(21)25/h1-2,5-6,10,22H,3-4,7-9H2,(H,20,23). The maximum absolute atomic E-state index is 12.5. The summed E-state index contributed by atoms with van der Waals surface area (Å²) in [6.07, 6.45) is -4.80. The molecule has 0 spiro atoms. The highest BCUT2D eigenvalue weighted by Crippen LogP contribution is 2.29. The van der Waals surface area contributed by atoms with Gasteiger partial charge in [-0.05, 0) is 25.0 Å². The van der Waals surface area contributed by atoms with Gasteiger partial charge >= 0.3 is 6.18 Å². The number of hydrogen-bond donors (Lipinski definition) is 2. The maximum atomic E-state index is 12.5. The first-order chi connectivity index (χ1) is 11.8. The number of imide groups is 1. The smallest absolute Gasteiger partial charge is 0.394 e. The zero-order valence-corrected chi connectivity index (χ0v) is 13.2. The molecule has 1 heterocycles. The lowest BCUT2D eigenvalue weighted by Crippen LogP contribution is -2.40. The van der Waals surface area contributed by atoms with E-state index in [0.29, 0.717) is 0 Å². The number of carbonyl (C=O) groups is 3. The number of aliphatic hydroxyl groups excluding tert-OH is 1. The van der Waals surface area contributed by atoms with Crippen molar-refractivity contribution in [1.29, 1.82) is 0 Å². The Hall–Kier alpha value is -2.42. The van der Waals surface area contributed by atoms with Crippen molar-refractivity contribution in [2.75, 3.05) is 19.7 Å². The topological polar surface area (TPSA) is 86.7 Å². The van der Waals surface area contributed by atoms with E-state index in [-0.39, 0.29) is 30.5 Å². The number of halogens is 3. The lowest BCUT2D eigenvalue weighted by molar-refractivity contribution is -0.185. The summed E-state index contributed by atoms with van der Waals surface area (Å²) in [7, 11) is 0. The fourth-order valence-corrected chi connectivity index (χ4v) is 2.52. The predicted molar refractivity (Wildman–Crippen MR) is 80.7 cm³/mol. The molecule has 1 aliphatic heterocycles. The van der Waals surface area contributed by atoms with Gasteiger partial charge in [0.05, 0.1) is 23.7 Å². The number of rotatable bonds is 7. The van der Waals surface area contributed by atoms with Gasteiger partial charge in [0.1, 0.15) is 6.54 Å². The van der Waals surface area contributed by atoms with Gasteiger partial charge in [-0.2, -0.15) is 13.2 Å². The summed E-state index contributed by atoms with van der Waals surface area (Å²) >= 11 is 0. The molecule has 2 rings (SSSR count). The number of nitrogens with zero attached hydrogens (tertiary/aromatic N) is 1. The normalized spacial score (nSPS) is 15.3. The Bertz CT molecular complexity index is 641. The Morgan fingerprint density at radius 2 is 1.72 bits per heavy atom. The van der Waals surface area contributed by atoms with Crippen LogP contribution >= 0.6 is 0 Å². The second kappa shape index (κ2) is 7.64. The van der Waals surface area contributed by atoms with E-state index in [1.165, 1.54) is 12.1 Å². The van der Waals surface area contributed by atoms with Crippen molar-refractivity contribution >= 4 is 17.7 Å². The van der Waals surface area contributed by atoms with E-state index >= 15 is 0 Å². The number of hydrogen-bond acceptors (Lipinski definition) is 4. The minimum atomic E-state index is -4.49. The molecule has 0 aromatic heterocycles. The van der Waals surface area contributed by atoms with Crippen LogP contribution in [0, 0.1) is 5.92 Å². The van der Waals surface area contributed by atoms with Crippen molar-refractivity contribution in [3.8, 4) is 0 Å². The van der Waals surface area contributed by atoms with Crippen LogP contribution in [0.5, 0.6) is 0 Å². The average molecular weight is 358 g/mol. The molecule has 0 bridgehead atoms. The van der Waals surface area contributed by atoms with Gasteiger partial charge in [-0.3, -0.25) is 19.3 Å². The molecule has 136 valence electrons. The molecule has 3 amide bonds. The minimum absolute atomic E-state index is 0.0125. The van der Waals surface area contributed by atoms with Gasteiger partial charge in [0.15, 0.2) is 0 Å². The lowest BCUT2D eigenvalue weighted by atomic mass is 10.0. The van der Waals surface area contributed by atoms with E-state index < -0.39 is 43.0 Å². The van der Waals surface area contributed by atoms with Crippen LogP contribution in [0.3, 0.4) is 0 Å². The highest BCUT2D eigenvalue weighted by Gasteiger charge is 2.38. The van der Waals surface area contributed by atoms with Gasteiger partial charge in [-0.25, -0.2) is 0 Å². The van der Waals surface area contributed by atoms with E-state index in [1.54, 1.807) is 12.1 Å². The molecule has 0 saturated carbocycles. The third-order valence-electron chi connectivity index (χ3n) is 3.91. The maximum Gasteiger partial charge on any atom is 0.394 e. The fourth-order valence-electron chi connectivity index (χ4n) is 2.52. The van der Waals surface area contributed by atoms with E-state index in [9.17, 15) is 27.6 Å². The fraction of sp³-hybridized carbons (Fsp3) is 0.438. The van der Waals surface area contributed by atoms with Gasteiger partial charge in [-0.15, -0.1) is 0 Å². The van der Waals surface area contributed by atoms with E-state index in [4.69, 9.17) is 5.11 Å². The van der Waals surface area contributed by atoms with Crippen LogP contribution in [0.2, 0.25) is 0 Å². The Morgan fingerprint density at radius 3 is 2.20 bits per heavy atom. The number of fused-ring (bicyclic) bond motifs is 1. The van der Waals surface area contributed by atoms with E-state index in [0.717, 1.165) is 4.90 Å². The average Bonchev–Trinajstić information content (AvgIpc) is 2.79. The third kappa shape index (κ3) is 4.36. The number of alkyl halides is 3. The van der Waals surface area contributed by atoms with Gasteiger partial charge in [0, 0.05) is 6.54 Å². The first kappa shape index (κ1) is 18.9. The van der Waals surface area contributed by atoms with Crippen molar-refractivity contribution in [2.24, 2.45) is 5.92 Å². The van der Waals surface area contributed by atoms with E-state index in [1.807, 2.05) is 0 Å². The Kier molecular flexibility index (Phi) is 5.78. The molecule has 25 heavy (non-hydrogen) atoms. The van der Waals surface area contributed by atoms with Crippen LogP contribution in [-0.4, -0.2) is 53.6 Å². The first-order valence-electron chi connectivity index (χ1n) is 7.65. The molecule has 1 atom stereocenters. The molecule has 0 radical (unpaired) electrons. The zero-order valence-electron chi connectivity index (χ0n) is 13.2. The molecule has 1 aromatic carbocycles. The number of aliphatic hydroxyl groups is 1. The summed E-state index contributed by atoms with van der Waals surface area (Å²) < 4.78 is 37.4.